The minimum absolute atomic E-state index is 0.403. The maximum absolute atomic E-state index is 11.2. The summed E-state index contributed by atoms with van der Waals surface area (Å²) in [5, 5.41) is 1.09. The molecule has 0 radical (unpaired) electrons. The van der Waals surface area contributed by atoms with E-state index >= 15 is 0 Å². The number of primary amides is 1. The fourth-order valence-electron chi connectivity index (χ4n) is 2.07. The number of fused-ring (bicyclic) bond motifs is 3. The van der Waals surface area contributed by atoms with Crippen molar-refractivity contribution in [3.05, 3.63) is 47.8 Å². The number of rotatable bonds is 1. The molecule has 0 atom stereocenters. The highest BCUT2D eigenvalue weighted by molar-refractivity contribution is 5.98. The first kappa shape index (κ1) is 9.84. The second-order valence-electron chi connectivity index (χ2n) is 3.98. The molecule has 17 heavy (non-hydrogen) atoms. The van der Waals surface area contributed by atoms with Gasteiger partial charge in [0.2, 0.25) is 5.91 Å². The number of aliphatic imine (C=N–C) groups is 1. The van der Waals surface area contributed by atoms with E-state index in [1.807, 2.05) is 24.4 Å². The predicted octanol–water partition coefficient (Wildman–Crippen LogP) is 1.69. The fourth-order valence-corrected chi connectivity index (χ4v) is 2.07. The first-order chi connectivity index (χ1) is 8.25. The third-order valence-electron chi connectivity index (χ3n) is 2.91. The molecule has 0 unspecified atom stereocenters. The highest BCUT2D eigenvalue weighted by Gasteiger charge is 2.09. The molecule has 0 aliphatic carbocycles. The van der Waals surface area contributed by atoms with E-state index in [1.54, 1.807) is 12.3 Å². The van der Waals surface area contributed by atoms with Gasteiger partial charge in [0.05, 0.1) is 11.9 Å². The van der Waals surface area contributed by atoms with Gasteiger partial charge in [-0.1, -0.05) is 6.07 Å². The molecular formula is C13H11N3O. The Kier molecular flexibility index (Phi) is 2.08. The molecule has 1 aromatic heterocycles. The van der Waals surface area contributed by atoms with Crippen molar-refractivity contribution in [3.63, 3.8) is 0 Å². The van der Waals surface area contributed by atoms with Gasteiger partial charge in [0, 0.05) is 29.2 Å². The van der Waals surface area contributed by atoms with Gasteiger partial charge in [-0.25, -0.2) is 0 Å². The van der Waals surface area contributed by atoms with Crippen LogP contribution in [-0.2, 0) is 6.54 Å². The SMILES string of the molecule is NC(=O)c1ccc2cc3n(c2c1)CC=CN=C3. The molecule has 2 aromatic rings. The number of carbonyl (C=O) groups is 1. The van der Waals surface area contributed by atoms with Crippen molar-refractivity contribution in [2.24, 2.45) is 10.7 Å². The van der Waals surface area contributed by atoms with Crippen molar-refractivity contribution in [2.45, 2.75) is 6.54 Å². The molecular weight excluding hydrogens is 214 g/mol. The lowest BCUT2D eigenvalue weighted by molar-refractivity contribution is 0.100. The average Bonchev–Trinajstić information content (AvgIpc) is 2.51. The number of nitrogens with two attached hydrogens (primary N) is 1. The highest BCUT2D eigenvalue weighted by Crippen LogP contribution is 2.21. The summed E-state index contributed by atoms with van der Waals surface area (Å²) in [7, 11) is 0. The fraction of sp³-hybridized carbons (Fsp3) is 0.0769. The van der Waals surface area contributed by atoms with E-state index < -0.39 is 5.91 Å². The number of aromatic nitrogens is 1. The summed E-state index contributed by atoms with van der Waals surface area (Å²) in [4.78, 5) is 15.3. The van der Waals surface area contributed by atoms with Gasteiger partial charge in [-0.05, 0) is 24.3 Å². The maximum atomic E-state index is 11.2. The van der Waals surface area contributed by atoms with Crippen molar-refractivity contribution in [1.29, 1.82) is 0 Å². The summed E-state index contributed by atoms with van der Waals surface area (Å²) < 4.78 is 2.11. The number of hydrogen-bond donors (Lipinski definition) is 1. The summed E-state index contributed by atoms with van der Waals surface area (Å²) in [5.41, 5.74) is 7.87. The average molecular weight is 225 g/mol. The predicted molar refractivity (Wildman–Crippen MR) is 67.2 cm³/mol. The number of carbonyl (C=O) groups excluding carboxylic acids is 1. The summed E-state index contributed by atoms with van der Waals surface area (Å²) >= 11 is 0. The lowest BCUT2D eigenvalue weighted by Crippen LogP contribution is -2.10. The smallest absolute Gasteiger partial charge is 0.248 e. The Balaban J connectivity index is 2.28. The molecule has 2 heterocycles. The van der Waals surface area contributed by atoms with E-state index in [-0.39, 0.29) is 0 Å². The van der Waals surface area contributed by atoms with Crippen molar-refractivity contribution in [2.75, 3.05) is 0 Å². The van der Waals surface area contributed by atoms with Crippen LogP contribution in [0, 0.1) is 0 Å². The monoisotopic (exact) mass is 225 g/mol. The van der Waals surface area contributed by atoms with E-state index in [0.29, 0.717) is 5.56 Å². The van der Waals surface area contributed by atoms with Gasteiger partial charge in [-0.2, -0.15) is 0 Å². The second kappa shape index (κ2) is 3.59. The number of benzene rings is 1. The van der Waals surface area contributed by atoms with Crippen LogP contribution in [0.2, 0.25) is 0 Å². The van der Waals surface area contributed by atoms with Crippen molar-refractivity contribution in [3.8, 4) is 0 Å². The van der Waals surface area contributed by atoms with Gasteiger partial charge in [0.15, 0.2) is 0 Å². The van der Waals surface area contributed by atoms with E-state index in [9.17, 15) is 4.79 Å². The van der Waals surface area contributed by atoms with E-state index in [4.69, 9.17) is 5.73 Å². The summed E-state index contributed by atoms with van der Waals surface area (Å²) in [6.45, 7) is 0.751. The van der Waals surface area contributed by atoms with Gasteiger partial charge in [0.1, 0.15) is 0 Å². The molecule has 4 heteroatoms. The van der Waals surface area contributed by atoms with Crippen molar-refractivity contribution >= 4 is 23.0 Å². The Bertz CT molecular complexity index is 665. The van der Waals surface area contributed by atoms with E-state index in [2.05, 4.69) is 15.6 Å². The lowest BCUT2D eigenvalue weighted by atomic mass is 10.1. The summed E-state index contributed by atoms with van der Waals surface area (Å²) in [6.07, 6.45) is 5.56. The first-order valence-electron chi connectivity index (χ1n) is 5.37. The van der Waals surface area contributed by atoms with Crippen LogP contribution in [0.4, 0.5) is 0 Å². The van der Waals surface area contributed by atoms with Crippen LogP contribution in [0.5, 0.6) is 0 Å². The number of hydrogen-bond acceptors (Lipinski definition) is 2. The number of amides is 1. The molecule has 1 aliphatic heterocycles. The zero-order valence-corrected chi connectivity index (χ0v) is 9.13. The van der Waals surface area contributed by atoms with Gasteiger partial charge >= 0.3 is 0 Å². The van der Waals surface area contributed by atoms with Gasteiger partial charge < -0.3 is 10.3 Å². The van der Waals surface area contributed by atoms with Crippen LogP contribution in [0.1, 0.15) is 16.1 Å². The van der Waals surface area contributed by atoms with Gasteiger partial charge in [0.25, 0.3) is 0 Å². The van der Waals surface area contributed by atoms with E-state index in [0.717, 1.165) is 23.1 Å². The molecule has 84 valence electrons. The molecule has 3 rings (SSSR count). The first-order valence-corrected chi connectivity index (χ1v) is 5.37. The third-order valence-corrected chi connectivity index (χ3v) is 2.91. The van der Waals surface area contributed by atoms with E-state index in [1.165, 1.54) is 0 Å². The topological polar surface area (TPSA) is 60.4 Å². The molecule has 1 amide bonds. The normalized spacial score (nSPS) is 13.6. The Morgan fingerprint density at radius 1 is 1.35 bits per heavy atom. The Morgan fingerprint density at radius 3 is 3.06 bits per heavy atom. The quantitative estimate of drug-likeness (QED) is 0.788. The second-order valence-corrected chi connectivity index (χ2v) is 3.98. The molecule has 0 fully saturated rings. The molecule has 4 nitrogen and oxygen atoms in total. The lowest BCUT2D eigenvalue weighted by Gasteiger charge is -2.04. The van der Waals surface area contributed by atoms with Gasteiger partial charge in [-0.3, -0.25) is 9.79 Å². The minimum Gasteiger partial charge on any atom is -0.366 e. The largest absolute Gasteiger partial charge is 0.366 e. The number of allylic oxidation sites excluding steroid dienone is 1. The molecule has 1 aliphatic rings. The van der Waals surface area contributed by atoms with Crippen molar-refractivity contribution in [1.82, 2.24) is 4.57 Å². The van der Waals surface area contributed by atoms with Crippen LogP contribution in [-0.4, -0.2) is 16.7 Å². The highest BCUT2D eigenvalue weighted by atomic mass is 16.1. The Labute approximate surface area is 98.1 Å². The molecule has 0 bridgehead atoms. The molecule has 2 N–H and O–H groups in total. The molecule has 0 saturated heterocycles. The van der Waals surface area contributed by atoms with Crippen LogP contribution in [0.3, 0.4) is 0 Å². The summed E-state index contributed by atoms with van der Waals surface area (Å²) in [5.74, 6) is -0.403. The van der Waals surface area contributed by atoms with Crippen LogP contribution in [0.25, 0.3) is 10.9 Å². The molecule has 0 saturated carbocycles. The van der Waals surface area contributed by atoms with Crippen molar-refractivity contribution < 1.29 is 4.79 Å². The molecule has 1 aromatic carbocycles. The molecule has 0 spiro atoms. The van der Waals surface area contributed by atoms with Gasteiger partial charge in [-0.15, -0.1) is 0 Å². The Morgan fingerprint density at radius 2 is 2.24 bits per heavy atom. The van der Waals surface area contributed by atoms with Crippen LogP contribution >= 0.6 is 0 Å². The van der Waals surface area contributed by atoms with Crippen LogP contribution in [0.15, 0.2) is 41.5 Å². The Hall–Kier alpha value is -2.36. The zero-order valence-electron chi connectivity index (χ0n) is 9.13. The van der Waals surface area contributed by atoms with Crippen LogP contribution < -0.4 is 5.73 Å². The standard InChI is InChI=1S/C13H11N3O/c14-13(17)10-3-2-9-6-11-8-15-4-1-5-16(11)12(9)7-10/h1-4,6-8H,5H2,(H2,14,17). The maximum Gasteiger partial charge on any atom is 0.248 e. The number of nitrogens with zero attached hydrogens (tertiary/aromatic N) is 2. The zero-order chi connectivity index (χ0) is 11.8. The third kappa shape index (κ3) is 1.54. The summed E-state index contributed by atoms with van der Waals surface area (Å²) in [6, 6.07) is 7.54. The minimum atomic E-state index is -0.403.